The lowest BCUT2D eigenvalue weighted by atomic mass is 9.99. The molecular formula is C18H24N4OS. The van der Waals surface area contributed by atoms with Crippen LogP contribution in [-0.2, 0) is 7.05 Å². The summed E-state index contributed by atoms with van der Waals surface area (Å²) in [6.07, 6.45) is 9.56. The van der Waals surface area contributed by atoms with Gasteiger partial charge in [-0.05, 0) is 50.2 Å². The molecule has 1 saturated heterocycles. The third-order valence-electron chi connectivity index (χ3n) is 5.18. The van der Waals surface area contributed by atoms with Crippen LogP contribution in [0.25, 0.3) is 0 Å². The highest BCUT2D eigenvalue weighted by atomic mass is 32.1. The summed E-state index contributed by atoms with van der Waals surface area (Å²) >= 11 is 1.64. The number of carbonyl (C=O) groups excluding carboxylic acids is 1. The number of piperidine rings is 1. The van der Waals surface area contributed by atoms with Crippen LogP contribution < -0.4 is 5.32 Å². The lowest BCUT2D eigenvalue weighted by Crippen LogP contribution is -2.46. The van der Waals surface area contributed by atoms with Gasteiger partial charge in [-0.3, -0.25) is 0 Å². The topological polar surface area (TPSA) is 50.2 Å². The molecule has 3 heterocycles. The average Bonchev–Trinajstić information content (AvgIpc) is 3.11. The number of hydrogen-bond acceptors (Lipinski definition) is 3. The quantitative estimate of drug-likeness (QED) is 0.915. The second kappa shape index (κ2) is 6.59. The largest absolute Gasteiger partial charge is 0.353 e. The lowest BCUT2D eigenvalue weighted by molar-refractivity contribution is 0.144. The van der Waals surface area contributed by atoms with E-state index in [2.05, 4.69) is 40.2 Å². The maximum atomic E-state index is 13.0. The second-order valence-corrected chi connectivity index (χ2v) is 7.81. The van der Waals surface area contributed by atoms with Crippen molar-refractivity contribution in [1.29, 1.82) is 0 Å². The van der Waals surface area contributed by atoms with Crippen LogP contribution in [-0.4, -0.2) is 27.0 Å². The molecule has 2 unspecified atom stereocenters. The molecule has 0 radical (unpaired) electrons. The standard InChI is InChI=1S/C18H24N4OS/c1-21-10-4-6-14(21)15-5-2-3-11-22(15)18(23)20-16(13-7-8-13)17-19-9-12-24-17/h4,6,9-10,12-13,15-16H,2-3,5,7-8,11H2,1H3,(H,20,23). The SMILES string of the molecule is Cn1cccc1C1CCCCN1C(=O)NC(c1nccs1)C1CC1. The summed E-state index contributed by atoms with van der Waals surface area (Å²) in [6.45, 7) is 0.830. The Bertz CT molecular complexity index is 692. The van der Waals surface area contributed by atoms with Gasteiger partial charge in [0.15, 0.2) is 0 Å². The highest BCUT2D eigenvalue weighted by molar-refractivity contribution is 7.09. The van der Waals surface area contributed by atoms with E-state index in [-0.39, 0.29) is 18.1 Å². The Kier molecular flexibility index (Phi) is 4.31. The maximum Gasteiger partial charge on any atom is 0.318 e. The number of nitrogens with zero attached hydrogens (tertiary/aromatic N) is 3. The number of carbonyl (C=O) groups is 1. The average molecular weight is 344 g/mol. The highest BCUT2D eigenvalue weighted by Crippen LogP contribution is 2.42. The Morgan fingerprint density at radius 2 is 2.25 bits per heavy atom. The molecule has 1 aliphatic carbocycles. The number of rotatable bonds is 4. The number of thiazole rings is 1. The second-order valence-electron chi connectivity index (χ2n) is 6.88. The fraction of sp³-hybridized carbons (Fsp3) is 0.556. The first-order valence-corrected chi connectivity index (χ1v) is 9.70. The molecule has 2 aromatic rings. The first kappa shape index (κ1) is 15.7. The molecule has 1 aliphatic heterocycles. The van der Waals surface area contributed by atoms with E-state index in [9.17, 15) is 4.79 Å². The first-order valence-electron chi connectivity index (χ1n) is 8.82. The molecule has 2 atom stereocenters. The van der Waals surface area contributed by atoms with Crippen molar-refractivity contribution in [2.24, 2.45) is 13.0 Å². The number of aromatic nitrogens is 2. The van der Waals surface area contributed by atoms with Crippen molar-refractivity contribution in [1.82, 2.24) is 19.8 Å². The summed E-state index contributed by atoms with van der Waals surface area (Å²) in [6, 6.07) is 4.51. The number of amides is 2. The van der Waals surface area contributed by atoms with Gasteiger partial charge >= 0.3 is 6.03 Å². The van der Waals surface area contributed by atoms with Gasteiger partial charge < -0.3 is 14.8 Å². The van der Waals surface area contributed by atoms with Crippen molar-refractivity contribution in [3.05, 3.63) is 40.6 Å². The molecular weight excluding hydrogens is 320 g/mol. The van der Waals surface area contributed by atoms with Gasteiger partial charge in [0, 0.05) is 37.1 Å². The number of nitrogens with one attached hydrogen (secondary N) is 1. The number of hydrogen-bond donors (Lipinski definition) is 1. The van der Waals surface area contributed by atoms with Gasteiger partial charge in [-0.1, -0.05) is 0 Å². The van der Waals surface area contributed by atoms with E-state index >= 15 is 0 Å². The molecule has 24 heavy (non-hydrogen) atoms. The van der Waals surface area contributed by atoms with E-state index in [0.717, 1.165) is 24.4 Å². The molecule has 2 aromatic heterocycles. The highest BCUT2D eigenvalue weighted by Gasteiger charge is 2.37. The van der Waals surface area contributed by atoms with Crippen molar-refractivity contribution in [3.63, 3.8) is 0 Å². The smallest absolute Gasteiger partial charge is 0.318 e. The fourth-order valence-corrected chi connectivity index (χ4v) is 4.50. The summed E-state index contributed by atoms with van der Waals surface area (Å²) in [5.74, 6) is 0.554. The van der Waals surface area contributed by atoms with Crippen molar-refractivity contribution < 1.29 is 4.79 Å². The Morgan fingerprint density at radius 1 is 1.38 bits per heavy atom. The van der Waals surface area contributed by atoms with E-state index in [1.807, 2.05) is 16.5 Å². The first-order chi connectivity index (χ1) is 11.7. The van der Waals surface area contributed by atoms with Crippen LogP contribution in [0.4, 0.5) is 4.79 Å². The minimum Gasteiger partial charge on any atom is -0.353 e. The normalized spacial score (nSPS) is 22.4. The van der Waals surface area contributed by atoms with E-state index in [4.69, 9.17) is 0 Å². The van der Waals surface area contributed by atoms with Gasteiger partial charge in [0.05, 0.1) is 12.1 Å². The molecule has 4 rings (SSSR count). The van der Waals surface area contributed by atoms with Crippen molar-refractivity contribution in [2.75, 3.05) is 6.54 Å². The Labute approximate surface area is 146 Å². The molecule has 2 aliphatic rings. The van der Waals surface area contributed by atoms with Crippen molar-refractivity contribution in [3.8, 4) is 0 Å². The minimum absolute atomic E-state index is 0.0630. The van der Waals surface area contributed by atoms with Crippen LogP contribution in [0.5, 0.6) is 0 Å². The summed E-state index contributed by atoms with van der Waals surface area (Å²) in [5, 5.41) is 6.32. The van der Waals surface area contributed by atoms with Crippen LogP contribution in [0, 0.1) is 5.92 Å². The van der Waals surface area contributed by atoms with Gasteiger partial charge in [-0.15, -0.1) is 11.3 Å². The molecule has 1 saturated carbocycles. The molecule has 0 aromatic carbocycles. The van der Waals surface area contributed by atoms with Gasteiger partial charge in [0.25, 0.3) is 0 Å². The Hall–Kier alpha value is -1.82. The van der Waals surface area contributed by atoms with E-state index in [1.165, 1.54) is 25.0 Å². The van der Waals surface area contributed by atoms with Crippen LogP contribution >= 0.6 is 11.3 Å². The molecule has 6 heteroatoms. The monoisotopic (exact) mass is 344 g/mol. The predicted octanol–water partition coefficient (Wildman–Crippen LogP) is 3.87. The van der Waals surface area contributed by atoms with Gasteiger partial charge in [0.2, 0.25) is 0 Å². The molecule has 5 nitrogen and oxygen atoms in total. The predicted molar refractivity (Wildman–Crippen MR) is 94.8 cm³/mol. The Morgan fingerprint density at radius 3 is 2.92 bits per heavy atom. The van der Waals surface area contributed by atoms with Crippen molar-refractivity contribution >= 4 is 17.4 Å². The van der Waals surface area contributed by atoms with Gasteiger partial charge in [-0.25, -0.2) is 9.78 Å². The summed E-state index contributed by atoms with van der Waals surface area (Å²) in [5.41, 5.74) is 1.22. The minimum atomic E-state index is 0.0630. The Balaban J connectivity index is 1.52. The summed E-state index contributed by atoms with van der Waals surface area (Å²) < 4.78 is 2.13. The van der Waals surface area contributed by atoms with Crippen LogP contribution in [0.3, 0.4) is 0 Å². The fourth-order valence-electron chi connectivity index (χ4n) is 3.72. The van der Waals surface area contributed by atoms with Gasteiger partial charge in [0.1, 0.15) is 5.01 Å². The molecule has 1 N–H and O–H groups in total. The number of aryl methyl sites for hydroxylation is 1. The molecule has 128 valence electrons. The van der Waals surface area contributed by atoms with E-state index in [0.29, 0.717) is 5.92 Å². The van der Waals surface area contributed by atoms with Crippen molar-refractivity contribution in [2.45, 2.75) is 44.2 Å². The van der Waals surface area contributed by atoms with Crippen LogP contribution in [0.15, 0.2) is 29.9 Å². The van der Waals surface area contributed by atoms with E-state index in [1.54, 1.807) is 11.3 Å². The molecule has 0 spiro atoms. The van der Waals surface area contributed by atoms with Gasteiger partial charge in [-0.2, -0.15) is 0 Å². The number of likely N-dealkylation sites (tertiary alicyclic amines) is 1. The van der Waals surface area contributed by atoms with Crippen LogP contribution in [0.2, 0.25) is 0 Å². The molecule has 2 amide bonds. The molecule has 0 bridgehead atoms. The third-order valence-corrected chi connectivity index (χ3v) is 6.04. The molecule has 2 fully saturated rings. The number of urea groups is 1. The lowest BCUT2D eigenvalue weighted by Gasteiger charge is -2.37. The maximum absolute atomic E-state index is 13.0. The zero-order chi connectivity index (χ0) is 16.5. The van der Waals surface area contributed by atoms with Crippen LogP contribution in [0.1, 0.15) is 54.9 Å². The van der Waals surface area contributed by atoms with E-state index < -0.39 is 0 Å². The zero-order valence-corrected chi connectivity index (χ0v) is 14.8. The summed E-state index contributed by atoms with van der Waals surface area (Å²) in [4.78, 5) is 19.5. The third kappa shape index (κ3) is 3.07. The zero-order valence-electron chi connectivity index (χ0n) is 14.0. The summed E-state index contributed by atoms with van der Waals surface area (Å²) in [7, 11) is 2.06.